The van der Waals surface area contributed by atoms with Crippen molar-refractivity contribution in [1.29, 1.82) is 0 Å². The molecule has 1 aliphatic heterocycles. The zero-order valence-corrected chi connectivity index (χ0v) is 11.7. The molecular weight excluding hydrogens is 250 g/mol. The molecule has 1 aromatic rings. The zero-order chi connectivity index (χ0) is 13.5. The molecule has 18 heavy (non-hydrogen) atoms. The molecule has 0 spiro atoms. The molecule has 0 aromatic heterocycles. The van der Waals surface area contributed by atoms with Crippen LogP contribution in [0.1, 0.15) is 38.7 Å². The van der Waals surface area contributed by atoms with Gasteiger partial charge in [-0.1, -0.05) is 24.6 Å². The Morgan fingerprint density at radius 1 is 1.50 bits per heavy atom. The molecule has 0 bridgehead atoms. The van der Waals surface area contributed by atoms with Gasteiger partial charge in [0.1, 0.15) is 6.54 Å². The number of hydrogen-bond acceptors (Lipinski definition) is 2. The maximum Gasteiger partial charge on any atom is 0.323 e. The number of carboxylic acids is 1. The molecule has 1 N–H and O–H groups in total. The minimum atomic E-state index is -0.814. The molecule has 0 fully saturated rings. The predicted molar refractivity (Wildman–Crippen MR) is 73.5 cm³/mol. The fourth-order valence-electron chi connectivity index (χ4n) is 3.09. The Labute approximate surface area is 112 Å². The molecule has 1 unspecified atom stereocenters. The summed E-state index contributed by atoms with van der Waals surface area (Å²) in [5.41, 5.74) is 1.83. The van der Waals surface area contributed by atoms with E-state index in [2.05, 4.69) is 20.8 Å². The number of aliphatic carboxylic acids is 1. The molecule has 3 nitrogen and oxygen atoms in total. The van der Waals surface area contributed by atoms with Crippen LogP contribution in [-0.4, -0.2) is 23.2 Å². The first-order valence-electron chi connectivity index (χ1n) is 6.17. The average molecular weight is 268 g/mol. The molecule has 2 rings (SSSR count). The predicted octanol–water partition coefficient (Wildman–Crippen LogP) is 3.52. The van der Waals surface area contributed by atoms with Crippen molar-refractivity contribution in [3.05, 3.63) is 28.8 Å². The second-order valence-corrected chi connectivity index (χ2v) is 5.67. The molecule has 1 atom stereocenters. The first-order valence-corrected chi connectivity index (χ1v) is 6.55. The summed E-state index contributed by atoms with van der Waals surface area (Å²) in [6.07, 6.45) is 0.944. The molecule has 0 saturated heterocycles. The van der Waals surface area contributed by atoms with Gasteiger partial charge >= 0.3 is 5.97 Å². The van der Waals surface area contributed by atoms with Gasteiger partial charge in [-0.25, -0.2) is 0 Å². The molecule has 1 heterocycles. The van der Waals surface area contributed by atoms with Gasteiger partial charge in [-0.3, -0.25) is 4.79 Å². The molecule has 0 saturated carbocycles. The number of anilines is 1. The second-order valence-electron chi connectivity index (χ2n) is 5.27. The lowest BCUT2D eigenvalue weighted by molar-refractivity contribution is -0.135. The third-order valence-corrected chi connectivity index (χ3v) is 4.25. The monoisotopic (exact) mass is 267 g/mol. The number of halogens is 1. The van der Waals surface area contributed by atoms with E-state index in [1.54, 1.807) is 0 Å². The van der Waals surface area contributed by atoms with Crippen LogP contribution in [-0.2, 0) is 4.79 Å². The molecular formula is C14H18ClNO2. The molecule has 4 heteroatoms. The molecule has 0 aliphatic carbocycles. The molecule has 0 amide bonds. The van der Waals surface area contributed by atoms with Crippen molar-refractivity contribution in [3.8, 4) is 0 Å². The number of hydrogen-bond donors (Lipinski definition) is 1. The summed E-state index contributed by atoms with van der Waals surface area (Å²) >= 11 is 6.30. The van der Waals surface area contributed by atoms with Gasteiger partial charge in [0.2, 0.25) is 0 Å². The van der Waals surface area contributed by atoms with Crippen molar-refractivity contribution >= 4 is 23.3 Å². The molecule has 1 aliphatic rings. The van der Waals surface area contributed by atoms with Crippen LogP contribution in [0.25, 0.3) is 0 Å². The largest absolute Gasteiger partial charge is 0.480 e. The second kappa shape index (κ2) is 4.47. The maximum atomic E-state index is 11.1. The Balaban J connectivity index is 2.57. The van der Waals surface area contributed by atoms with Crippen LogP contribution in [0.4, 0.5) is 5.69 Å². The molecule has 0 radical (unpaired) electrons. The fourth-order valence-corrected chi connectivity index (χ4v) is 3.39. The van der Waals surface area contributed by atoms with Crippen LogP contribution in [0.15, 0.2) is 18.2 Å². The van der Waals surface area contributed by atoms with E-state index >= 15 is 0 Å². The van der Waals surface area contributed by atoms with Gasteiger partial charge in [0, 0.05) is 22.2 Å². The summed E-state index contributed by atoms with van der Waals surface area (Å²) in [4.78, 5) is 13.0. The fraction of sp³-hybridized carbons (Fsp3) is 0.500. The number of carboxylic acid groups (broad SMARTS) is 1. The Kier molecular flexibility index (Phi) is 3.28. The Hall–Kier alpha value is -1.22. The summed E-state index contributed by atoms with van der Waals surface area (Å²) in [6.45, 7) is 6.29. The molecule has 98 valence electrons. The van der Waals surface area contributed by atoms with E-state index in [0.717, 1.165) is 22.7 Å². The third kappa shape index (κ3) is 1.87. The van der Waals surface area contributed by atoms with Crippen molar-refractivity contribution < 1.29 is 9.90 Å². The van der Waals surface area contributed by atoms with Crippen molar-refractivity contribution in [2.75, 3.05) is 11.4 Å². The Morgan fingerprint density at radius 3 is 2.72 bits per heavy atom. The van der Waals surface area contributed by atoms with Crippen LogP contribution < -0.4 is 4.90 Å². The van der Waals surface area contributed by atoms with Crippen LogP contribution in [0, 0.1) is 0 Å². The van der Waals surface area contributed by atoms with Gasteiger partial charge in [-0.05, 0) is 38.0 Å². The average Bonchev–Trinajstić information content (AvgIpc) is 2.48. The minimum absolute atomic E-state index is 0.0108. The van der Waals surface area contributed by atoms with E-state index in [9.17, 15) is 4.79 Å². The van der Waals surface area contributed by atoms with Crippen LogP contribution in [0.3, 0.4) is 0 Å². The van der Waals surface area contributed by atoms with Crippen molar-refractivity contribution in [1.82, 2.24) is 0 Å². The van der Waals surface area contributed by atoms with Crippen molar-refractivity contribution in [2.45, 2.75) is 38.6 Å². The van der Waals surface area contributed by atoms with Gasteiger partial charge in [0.25, 0.3) is 0 Å². The van der Waals surface area contributed by atoms with E-state index in [-0.39, 0.29) is 18.0 Å². The van der Waals surface area contributed by atoms with Gasteiger partial charge in [-0.2, -0.15) is 0 Å². The lowest BCUT2D eigenvalue weighted by atomic mass is 9.83. The standard InChI is InChI=1S/C14H18ClNO2/c1-4-9-13-10(15)6-5-7-11(13)16(8-12(17)18)14(9,2)3/h5-7,9H,4,8H2,1-3H3,(H,17,18). The minimum Gasteiger partial charge on any atom is -0.480 e. The van der Waals surface area contributed by atoms with E-state index < -0.39 is 5.97 Å². The smallest absolute Gasteiger partial charge is 0.323 e. The lowest BCUT2D eigenvalue weighted by Gasteiger charge is -2.36. The zero-order valence-electron chi connectivity index (χ0n) is 10.9. The lowest BCUT2D eigenvalue weighted by Crippen LogP contribution is -2.46. The summed E-state index contributed by atoms with van der Waals surface area (Å²) in [6, 6.07) is 5.72. The van der Waals surface area contributed by atoms with E-state index in [4.69, 9.17) is 16.7 Å². The van der Waals surface area contributed by atoms with Crippen LogP contribution in [0.2, 0.25) is 5.02 Å². The summed E-state index contributed by atoms with van der Waals surface area (Å²) < 4.78 is 0. The Bertz CT molecular complexity index is 485. The first-order chi connectivity index (χ1) is 8.39. The summed E-state index contributed by atoms with van der Waals surface area (Å²) in [5, 5.41) is 9.82. The van der Waals surface area contributed by atoms with E-state index in [1.807, 2.05) is 23.1 Å². The van der Waals surface area contributed by atoms with Gasteiger partial charge in [-0.15, -0.1) is 0 Å². The van der Waals surface area contributed by atoms with Crippen LogP contribution in [0.5, 0.6) is 0 Å². The quantitative estimate of drug-likeness (QED) is 0.911. The van der Waals surface area contributed by atoms with Gasteiger partial charge in [0.15, 0.2) is 0 Å². The van der Waals surface area contributed by atoms with Crippen molar-refractivity contribution in [3.63, 3.8) is 0 Å². The SMILES string of the molecule is CCC1c2c(Cl)cccc2N(CC(=O)O)C1(C)C. The molecule has 1 aromatic carbocycles. The topological polar surface area (TPSA) is 40.5 Å². The normalized spacial score (nSPS) is 20.9. The van der Waals surface area contributed by atoms with Crippen molar-refractivity contribution in [2.24, 2.45) is 0 Å². The maximum absolute atomic E-state index is 11.1. The highest BCUT2D eigenvalue weighted by Crippen LogP contribution is 2.51. The number of rotatable bonds is 3. The number of fused-ring (bicyclic) bond motifs is 1. The van der Waals surface area contributed by atoms with E-state index in [1.165, 1.54) is 0 Å². The highest BCUT2D eigenvalue weighted by molar-refractivity contribution is 6.32. The van der Waals surface area contributed by atoms with Gasteiger partial charge in [0.05, 0.1) is 0 Å². The highest BCUT2D eigenvalue weighted by Gasteiger charge is 2.45. The number of carbonyl (C=O) groups is 1. The summed E-state index contributed by atoms with van der Waals surface area (Å²) in [7, 11) is 0. The van der Waals surface area contributed by atoms with E-state index in [0.29, 0.717) is 0 Å². The Morgan fingerprint density at radius 2 is 2.17 bits per heavy atom. The van der Waals surface area contributed by atoms with Gasteiger partial charge < -0.3 is 10.0 Å². The first kappa shape index (κ1) is 13.2. The number of nitrogens with zero attached hydrogens (tertiary/aromatic N) is 1. The van der Waals surface area contributed by atoms with Crippen LogP contribution >= 0.6 is 11.6 Å². The highest BCUT2D eigenvalue weighted by atomic mass is 35.5. The summed E-state index contributed by atoms with van der Waals surface area (Å²) in [5.74, 6) is -0.550. The third-order valence-electron chi connectivity index (χ3n) is 3.92. The number of benzene rings is 1.